The number of aryl methyl sites for hydroxylation is 2. The number of hydrogen-bond donors (Lipinski definition) is 1. The second-order valence-electron chi connectivity index (χ2n) is 3.73. The van der Waals surface area contributed by atoms with Crippen molar-refractivity contribution in [2.24, 2.45) is 7.05 Å². The highest BCUT2D eigenvalue weighted by Crippen LogP contribution is 2.21. The molecule has 2 aromatic rings. The van der Waals surface area contributed by atoms with E-state index in [1.165, 1.54) is 5.52 Å². The summed E-state index contributed by atoms with van der Waals surface area (Å²) >= 11 is 4.25. The Hall–Kier alpha value is -1.16. The van der Waals surface area contributed by atoms with Gasteiger partial charge in [-0.25, -0.2) is 4.98 Å². The molecule has 0 unspecified atom stereocenters. The first-order chi connectivity index (χ1) is 7.13. The van der Waals surface area contributed by atoms with E-state index in [4.69, 9.17) is 0 Å². The van der Waals surface area contributed by atoms with Crippen LogP contribution >= 0.6 is 12.6 Å². The average Bonchev–Trinajstić information content (AvgIpc) is 2.53. The molecule has 1 aromatic carbocycles. The lowest BCUT2D eigenvalue weighted by Crippen LogP contribution is -2.13. The van der Waals surface area contributed by atoms with E-state index >= 15 is 0 Å². The van der Waals surface area contributed by atoms with Gasteiger partial charge in [0.15, 0.2) is 0 Å². The highest BCUT2D eigenvalue weighted by atomic mass is 32.1. The molecule has 0 aliphatic carbocycles. The van der Waals surface area contributed by atoms with Crippen LogP contribution in [0.25, 0.3) is 11.0 Å². The van der Waals surface area contributed by atoms with Crippen LogP contribution in [0.15, 0.2) is 18.2 Å². The van der Waals surface area contributed by atoms with Gasteiger partial charge in [-0.05, 0) is 25.1 Å². The normalized spacial score (nSPS) is 10.9. The van der Waals surface area contributed by atoms with Crippen molar-refractivity contribution < 1.29 is 0 Å². The van der Waals surface area contributed by atoms with Crippen LogP contribution in [0.4, 0.5) is 5.69 Å². The Labute approximate surface area is 95.1 Å². The van der Waals surface area contributed by atoms with Crippen molar-refractivity contribution in [3.05, 3.63) is 24.0 Å². The van der Waals surface area contributed by atoms with Crippen LogP contribution < -0.4 is 4.90 Å². The summed E-state index contributed by atoms with van der Waals surface area (Å²) in [6, 6.07) is 6.29. The van der Waals surface area contributed by atoms with Crippen LogP contribution in [0.5, 0.6) is 0 Å². The Morgan fingerprint density at radius 3 is 2.87 bits per heavy atom. The predicted octanol–water partition coefficient (Wildman–Crippen LogP) is 2.21. The molecule has 3 nitrogen and oxygen atoms in total. The summed E-state index contributed by atoms with van der Waals surface area (Å²) in [4.78, 5) is 6.58. The number of benzene rings is 1. The second-order valence-corrected chi connectivity index (χ2v) is 4.01. The summed E-state index contributed by atoms with van der Waals surface area (Å²) in [5, 5.41) is 0. The van der Waals surface area contributed by atoms with Gasteiger partial charge in [-0.3, -0.25) is 0 Å². The monoisotopic (exact) mass is 221 g/mol. The van der Waals surface area contributed by atoms with Crippen LogP contribution in [-0.4, -0.2) is 22.5 Å². The number of imidazole rings is 1. The van der Waals surface area contributed by atoms with Crippen molar-refractivity contribution in [3.63, 3.8) is 0 Å². The van der Waals surface area contributed by atoms with Crippen LogP contribution in [0, 0.1) is 6.92 Å². The molecule has 15 heavy (non-hydrogen) atoms. The lowest BCUT2D eigenvalue weighted by Gasteiger charge is -2.15. The summed E-state index contributed by atoms with van der Waals surface area (Å²) in [6.45, 7) is 2.02. The molecule has 0 N–H and O–H groups in total. The third kappa shape index (κ3) is 1.69. The summed E-state index contributed by atoms with van der Waals surface area (Å²) in [6.07, 6.45) is 0. The average molecular weight is 221 g/mol. The van der Waals surface area contributed by atoms with Crippen LogP contribution in [0.2, 0.25) is 0 Å². The molecule has 0 atom stereocenters. The van der Waals surface area contributed by atoms with Gasteiger partial charge in [0.2, 0.25) is 0 Å². The minimum Gasteiger partial charge on any atom is -0.366 e. The van der Waals surface area contributed by atoms with Gasteiger partial charge in [0.25, 0.3) is 0 Å². The molecule has 0 bridgehead atoms. The number of aromatic nitrogens is 2. The maximum Gasteiger partial charge on any atom is 0.106 e. The first-order valence-corrected chi connectivity index (χ1v) is 5.52. The van der Waals surface area contributed by atoms with Crippen molar-refractivity contribution >= 4 is 29.3 Å². The first kappa shape index (κ1) is 10.4. The molecule has 0 saturated carbocycles. The van der Waals surface area contributed by atoms with E-state index in [0.717, 1.165) is 17.0 Å². The zero-order valence-electron chi connectivity index (χ0n) is 9.23. The molecule has 1 aromatic heterocycles. The second kappa shape index (κ2) is 3.77. The molecule has 0 aliphatic rings. The van der Waals surface area contributed by atoms with E-state index in [0.29, 0.717) is 5.88 Å². The molecule has 0 spiro atoms. The van der Waals surface area contributed by atoms with E-state index in [2.05, 4.69) is 45.3 Å². The van der Waals surface area contributed by atoms with Gasteiger partial charge in [0, 0.05) is 19.8 Å². The smallest absolute Gasteiger partial charge is 0.106 e. The van der Waals surface area contributed by atoms with E-state index in [-0.39, 0.29) is 0 Å². The molecule has 0 fully saturated rings. The van der Waals surface area contributed by atoms with Gasteiger partial charge in [-0.1, -0.05) is 0 Å². The summed E-state index contributed by atoms with van der Waals surface area (Å²) < 4.78 is 2.10. The predicted molar refractivity (Wildman–Crippen MR) is 67.7 cm³/mol. The number of fused-ring (bicyclic) bond motifs is 1. The Balaban J connectivity index is 2.57. The van der Waals surface area contributed by atoms with Gasteiger partial charge in [-0.15, -0.1) is 0 Å². The summed E-state index contributed by atoms with van der Waals surface area (Å²) in [5.74, 6) is 1.74. The van der Waals surface area contributed by atoms with Gasteiger partial charge in [0.1, 0.15) is 5.82 Å². The van der Waals surface area contributed by atoms with E-state index < -0.39 is 0 Å². The minimum absolute atomic E-state index is 0.706. The lowest BCUT2D eigenvalue weighted by molar-refractivity contribution is 0.886. The SMILES string of the molecule is Cc1nc2cc(N(C)CS)ccc2n1C. The standard InChI is InChI=1S/C11H15N3S/c1-8-12-10-6-9(13(2)7-15)4-5-11(10)14(8)3/h4-6,15H,7H2,1-3H3. The van der Waals surface area contributed by atoms with Gasteiger partial charge in [-0.2, -0.15) is 12.6 Å². The van der Waals surface area contributed by atoms with Gasteiger partial charge < -0.3 is 9.47 Å². The fraction of sp³-hybridized carbons (Fsp3) is 0.364. The Morgan fingerprint density at radius 1 is 1.47 bits per heavy atom. The molecule has 1 heterocycles. The third-order valence-corrected chi connectivity index (χ3v) is 3.17. The van der Waals surface area contributed by atoms with Crippen molar-refractivity contribution in [2.45, 2.75) is 6.92 Å². The topological polar surface area (TPSA) is 21.1 Å². The molecule has 0 saturated heterocycles. The van der Waals surface area contributed by atoms with Crippen molar-refractivity contribution in [2.75, 3.05) is 17.8 Å². The zero-order valence-corrected chi connectivity index (χ0v) is 10.1. The molecular formula is C11H15N3S. The first-order valence-electron chi connectivity index (χ1n) is 4.88. The number of nitrogens with zero attached hydrogens (tertiary/aromatic N) is 3. The largest absolute Gasteiger partial charge is 0.366 e. The lowest BCUT2D eigenvalue weighted by atomic mass is 10.2. The summed E-state index contributed by atoms with van der Waals surface area (Å²) in [5.41, 5.74) is 3.36. The molecule has 2 rings (SSSR count). The Kier molecular flexibility index (Phi) is 2.61. The van der Waals surface area contributed by atoms with E-state index in [9.17, 15) is 0 Å². The summed E-state index contributed by atoms with van der Waals surface area (Å²) in [7, 11) is 4.05. The van der Waals surface area contributed by atoms with Gasteiger partial charge >= 0.3 is 0 Å². The van der Waals surface area contributed by atoms with Crippen molar-refractivity contribution in [1.29, 1.82) is 0 Å². The number of anilines is 1. The molecule has 80 valence electrons. The molecule has 0 aliphatic heterocycles. The van der Waals surface area contributed by atoms with Crippen LogP contribution in [0.1, 0.15) is 5.82 Å². The van der Waals surface area contributed by atoms with E-state index in [1.807, 2.05) is 21.0 Å². The molecule has 0 radical (unpaired) electrons. The fourth-order valence-electron chi connectivity index (χ4n) is 1.63. The van der Waals surface area contributed by atoms with E-state index in [1.54, 1.807) is 0 Å². The van der Waals surface area contributed by atoms with Crippen molar-refractivity contribution in [3.8, 4) is 0 Å². The van der Waals surface area contributed by atoms with Crippen molar-refractivity contribution in [1.82, 2.24) is 9.55 Å². The fourth-order valence-corrected chi connectivity index (χ4v) is 1.79. The molecule has 4 heteroatoms. The zero-order chi connectivity index (χ0) is 11.0. The third-order valence-electron chi connectivity index (χ3n) is 2.74. The van der Waals surface area contributed by atoms with Crippen LogP contribution in [0.3, 0.4) is 0 Å². The highest BCUT2D eigenvalue weighted by Gasteiger charge is 2.06. The maximum atomic E-state index is 4.50. The Bertz CT molecular complexity index is 490. The van der Waals surface area contributed by atoms with Crippen LogP contribution in [-0.2, 0) is 7.05 Å². The molecule has 0 amide bonds. The Morgan fingerprint density at radius 2 is 2.20 bits per heavy atom. The quantitative estimate of drug-likeness (QED) is 0.620. The number of hydrogen-bond acceptors (Lipinski definition) is 3. The minimum atomic E-state index is 0.706. The van der Waals surface area contributed by atoms with Gasteiger partial charge in [0.05, 0.1) is 16.9 Å². The highest BCUT2D eigenvalue weighted by molar-refractivity contribution is 7.80. The number of thiol groups is 1. The molecular weight excluding hydrogens is 206 g/mol. The number of rotatable bonds is 2. The maximum absolute atomic E-state index is 4.50.